The fourth-order valence-electron chi connectivity index (χ4n) is 0.632. The molecule has 60 valence electrons. The minimum atomic E-state index is -0.269. The first-order valence-corrected chi connectivity index (χ1v) is 3.33. The molecule has 0 aliphatic carbocycles. The Hall–Kier alpha value is -0.570. The summed E-state index contributed by atoms with van der Waals surface area (Å²) in [5, 5.41) is 10.6. The van der Waals surface area contributed by atoms with E-state index in [2.05, 4.69) is 5.32 Å². The number of carbonyl (C=O) groups excluding carboxylic acids is 1. The van der Waals surface area contributed by atoms with Crippen LogP contribution in [-0.4, -0.2) is 17.7 Å². The molecule has 3 nitrogen and oxygen atoms in total. The van der Waals surface area contributed by atoms with Crippen molar-refractivity contribution in [2.75, 3.05) is 6.73 Å². The van der Waals surface area contributed by atoms with Gasteiger partial charge in [-0.15, -0.1) is 0 Å². The van der Waals surface area contributed by atoms with Gasteiger partial charge in [0.05, 0.1) is 0 Å². The van der Waals surface area contributed by atoms with E-state index in [4.69, 9.17) is 5.11 Å². The van der Waals surface area contributed by atoms with Gasteiger partial charge in [0.15, 0.2) is 0 Å². The molecule has 0 heterocycles. The normalized spacial score (nSPS) is 11.2. The number of carbonyl (C=O) groups is 1. The summed E-state index contributed by atoms with van der Waals surface area (Å²) in [7, 11) is 0. The summed E-state index contributed by atoms with van der Waals surface area (Å²) in [6.45, 7) is 5.66. The smallest absolute Gasteiger partial charge is 0.222 e. The molecule has 0 aliphatic rings. The van der Waals surface area contributed by atoms with Gasteiger partial charge in [-0.1, -0.05) is 20.8 Å². The van der Waals surface area contributed by atoms with Crippen molar-refractivity contribution < 1.29 is 9.90 Å². The summed E-state index contributed by atoms with van der Waals surface area (Å²) in [6, 6.07) is 0. The highest BCUT2D eigenvalue weighted by Gasteiger charge is 2.14. The number of aliphatic hydroxyl groups excluding tert-OH is 1. The Bertz CT molecular complexity index is 115. The lowest BCUT2D eigenvalue weighted by atomic mass is 9.92. The first-order chi connectivity index (χ1) is 4.45. The molecule has 0 saturated carbocycles. The first-order valence-electron chi connectivity index (χ1n) is 3.33. The maximum atomic E-state index is 10.8. The average molecular weight is 145 g/mol. The topological polar surface area (TPSA) is 49.3 Å². The summed E-state index contributed by atoms with van der Waals surface area (Å²) in [5.74, 6) is -0.102. The third-order valence-corrected chi connectivity index (χ3v) is 0.967. The Morgan fingerprint density at radius 1 is 1.50 bits per heavy atom. The van der Waals surface area contributed by atoms with Crippen LogP contribution in [0.2, 0.25) is 0 Å². The summed E-state index contributed by atoms with van der Waals surface area (Å²) < 4.78 is 0. The highest BCUT2D eigenvalue weighted by Crippen LogP contribution is 2.17. The van der Waals surface area contributed by atoms with Gasteiger partial charge >= 0.3 is 0 Å². The molecule has 0 spiro atoms. The number of hydrogen-bond acceptors (Lipinski definition) is 2. The largest absolute Gasteiger partial charge is 0.377 e. The SMILES string of the molecule is CC(C)(C)CC(=O)NCO. The van der Waals surface area contributed by atoms with E-state index in [1.807, 2.05) is 20.8 Å². The summed E-state index contributed by atoms with van der Waals surface area (Å²) in [5.41, 5.74) is -0.000741. The van der Waals surface area contributed by atoms with E-state index in [-0.39, 0.29) is 18.1 Å². The molecule has 0 radical (unpaired) electrons. The summed E-state index contributed by atoms with van der Waals surface area (Å²) in [6.07, 6.45) is 0.452. The summed E-state index contributed by atoms with van der Waals surface area (Å²) >= 11 is 0. The monoisotopic (exact) mass is 145 g/mol. The van der Waals surface area contributed by atoms with E-state index in [0.717, 1.165) is 0 Å². The zero-order chi connectivity index (χ0) is 8.20. The minimum Gasteiger partial charge on any atom is -0.377 e. The van der Waals surface area contributed by atoms with Gasteiger partial charge in [-0.25, -0.2) is 0 Å². The number of rotatable bonds is 2. The Morgan fingerprint density at radius 2 is 2.00 bits per heavy atom. The Balaban J connectivity index is 3.58. The molecule has 0 aromatic heterocycles. The zero-order valence-electron chi connectivity index (χ0n) is 6.77. The van der Waals surface area contributed by atoms with Crippen LogP contribution in [-0.2, 0) is 4.79 Å². The molecule has 0 atom stereocenters. The lowest BCUT2D eigenvalue weighted by molar-refractivity contribution is -0.123. The molecular weight excluding hydrogens is 130 g/mol. The van der Waals surface area contributed by atoms with Crippen LogP contribution in [0.4, 0.5) is 0 Å². The zero-order valence-corrected chi connectivity index (χ0v) is 6.77. The predicted molar refractivity (Wildman–Crippen MR) is 39.3 cm³/mol. The molecule has 0 bridgehead atoms. The van der Waals surface area contributed by atoms with E-state index >= 15 is 0 Å². The van der Waals surface area contributed by atoms with Crippen LogP contribution in [0.25, 0.3) is 0 Å². The van der Waals surface area contributed by atoms with Crippen molar-refractivity contribution in [3.05, 3.63) is 0 Å². The minimum absolute atomic E-state index is 0.000741. The molecule has 0 aromatic carbocycles. The molecule has 0 aromatic rings. The second-order valence-corrected chi connectivity index (χ2v) is 3.50. The standard InChI is InChI=1S/C7H15NO2/c1-7(2,3)4-6(10)8-5-9/h9H,4-5H2,1-3H3,(H,8,10). The third-order valence-electron chi connectivity index (χ3n) is 0.967. The fraction of sp³-hybridized carbons (Fsp3) is 0.857. The Morgan fingerprint density at radius 3 is 2.30 bits per heavy atom. The first kappa shape index (κ1) is 9.43. The molecule has 10 heavy (non-hydrogen) atoms. The number of amides is 1. The molecule has 3 heteroatoms. The van der Waals surface area contributed by atoms with E-state index in [9.17, 15) is 4.79 Å². The fourth-order valence-corrected chi connectivity index (χ4v) is 0.632. The lowest BCUT2D eigenvalue weighted by Crippen LogP contribution is -2.28. The van der Waals surface area contributed by atoms with Crippen LogP contribution in [0, 0.1) is 5.41 Å². The van der Waals surface area contributed by atoms with Crippen LogP contribution >= 0.6 is 0 Å². The predicted octanol–water partition coefficient (Wildman–Crippen LogP) is 0.489. The van der Waals surface area contributed by atoms with Crippen LogP contribution in [0.15, 0.2) is 0 Å². The average Bonchev–Trinajstić information content (AvgIpc) is 1.59. The number of aliphatic hydroxyl groups is 1. The van der Waals surface area contributed by atoms with E-state index in [0.29, 0.717) is 6.42 Å². The lowest BCUT2D eigenvalue weighted by Gasteiger charge is -2.16. The van der Waals surface area contributed by atoms with Crippen molar-refractivity contribution in [2.45, 2.75) is 27.2 Å². The van der Waals surface area contributed by atoms with Crippen molar-refractivity contribution in [2.24, 2.45) is 5.41 Å². The highest BCUT2D eigenvalue weighted by molar-refractivity contribution is 5.76. The maximum absolute atomic E-state index is 10.8. The van der Waals surface area contributed by atoms with Gasteiger partial charge in [0.2, 0.25) is 5.91 Å². The second-order valence-electron chi connectivity index (χ2n) is 3.50. The quantitative estimate of drug-likeness (QED) is 0.555. The van der Waals surface area contributed by atoms with Crippen LogP contribution in [0.1, 0.15) is 27.2 Å². The number of hydrogen-bond donors (Lipinski definition) is 2. The summed E-state index contributed by atoms with van der Waals surface area (Å²) in [4.78, 5) is 10.8. The van der Waals surface area contributed by atoms with Gasteiger partial charge < -0.3 is 10.4 Å². The molecule has 0 rings (SSSR count). The molecule has 0 aliphatic heterocycles. The molecule has 0 unspecified atom stereocenters. The highest BCUT2D eigenvalue weighted by atomic mass is 16.3. The molecule has 0 saturated heterocycles. The van der Waals surface area contributed by atoms with Crippen LogP contribution in [0.3, 0.4) is 0 Å². The molecule has 0 fully saturated rings. The van der Waals surface area contributed by atoms with Gasteiger partial charge in [-0.3, -0.25) is 4.79 Å². The molecular formula is C7H15NO2. The Kier molecular flexibility index (Phi) is 3.36. The third kappa shape index (κ3) is 5.56. The van der Waals surface area contributed by atoms with Crippen molar-refractivity contribution >= 4 is 5.91 Å². The van der Waals surface area contributed by atoms with Gasteiger partial charge in [0.1, 0.15) is 6.73 Å². The maximum Gasteiger partial charge on any atom is 0.222 e. The van der Waals surface area contributed by atoms with Crippen molar-refractivity contribution in [1.82, 2.24) is 5.32 Å². The molecule has 2 N–H and O–H groups in total. The Labute approximate surface area is 61.4 Å². The van der Waals surface area contributed by atoms with Crippen LogP contribution < -0.4 is 5.32 Å². The van der Waals surface area contributed by atoms with Crippen molar-refractivity contribution in [1.29, 1.82) is 0 Å². The van der Waals surface area contributed by atoms with Crippen molar-refractivity contribution in [3.8, 4) is 0 Å². The van der Waals surface area contributed by atoms with Crippen LogP contribution in [0.5, 0.6) is 0 Å². The van der Waals surface area contributed by atoms with Crippen molar-refractivity contribution in [3.63, 3.8) is 0 Å². The molecule has 1 amide bonds. The van der Waals surface area contributed by atoms with E-state index < -0.39 is 0 Å². The number of nitrogens with one attached hydrogen (secondary N) is 1. The van der Waals surface area contributed by atoms with Gasteiger partial charge in [0.25, 0.3) is 0 Å². The van der Waals surface area contributed by atoms with E-state index in [1.54, 1.807) is 0 Å². The van der Waals surface area contributed by atoms with Gasteiger partial charge in [-0.2, -0.15) is 0 Å². The van der Waals surface area contributed by atoms with Gasteiger partial charge in [0, 0.05) is 6.42 Å². The van der Waals surface area contributed by atoms with Gasteiger partial charge in [-0.05, 0) is 5.41 Å². The van der Waals surface area contributed by atoms with E-state index in [1.165, 1.54) is 0 Å². The second kappa shape index (κ2) is 3.56.